The molecule has 0 aliphatic heterocycles. The van der Waals surface area contributed by atoms with Crippen LogP contribution < -0.4 is 19.1 Å². The van der Waals surface area contributed by atoms with Gasteiger partial charge in [-0.15, -0.1) is 0 Å². The van der Waals surface area contributed by atoms with Gasteiger partial charge in [-0.05, 0) is 37.3 Å². The lowest BCUT2D eigenvalue weighted by atomic mass is 10.2. The van der Waals surface area contributed by atoms with Crippen molar-refractivity contribution >= 4 is 50.5 Å². The van der Waals surface area contributed by atoms with Crippen LogP contribution >= 0.6 is 23.2 Å². The number of amides is 1. The van der Waals surface area contributed by atoms with E-state index in [1.807, 2.05) is 0 Å². The fourth-order valence-electron chi connectivity index (χ4n) is 2.60. The second-order valence-corrected chi connectivity index (χ2v) is 8.59. The maximum absolute atomic E-state index is 12.8. The Hall–Kier alpha value is -2.16. The van der Waals surface area contributed by atoms with Crippen molar-refractivity contribution in [1.82, 2.24) is 0 Å². The number of nitrogens with zero attached hydrogens (tertiary/aromatic N) is 1. The maximum Gasteiger partial charge on any atom is 0.247 e. The topological polar surface area (TPSA) is 84.9 Å². The van der Waals surface area contributed by atoms with Crippen LogP contribution in [0.5, 0.6) is 11.5 Å². The first-order valence-corrected chi connectivity index (χ1v) is 10.7. The van der Waals surface area contributed by atoms with Crippen LogP contribution in [0.3, 0.4) is 0 Å². The van der Waals surface area contributed by atoms with Gasteiger partial charge in [-0.1, -0.05) is 23.2 Å². The van der Waals surface area contributed by atoms with E-state index >= 15 is 0 Å². The molecule has 1 atom stereocenters. The number of sulfonamides is 1. The minimum atomic E-state index is -3.83. The van der Waals surface area contributed by atoms with Crippen LogP contribution in [0.15, 0.2) is 36.4 Å². The summed E-state index contributed by atoms with van der Waals surface area (Å²) in [6, 6.07) is 8.11. The molecule has 0 saturated heterocycles. The van der Waals surface area contributed by atoms with Gasteiger partial charge in [0.05, 0.1) is 31.2 Å². The molecule has 1 amide bonds. The highest BCUT2D eigenvalue weighted by atomic mass is 35.5. The summed E-state index contributed by atoms with van der Waals surface area (Å²) in [4.78, 5) is 12.8. The van der Waals surface area contributed by atoms with Gasteiger partial charge in [-0.2, -0.15) is 0 Å². The zero-order chi connectivity index (χ0) is 21.1. The number of carbonyl (C=O) groups excluding carboxylic acids is 1. The fraction of sp³-hybridized carbons (Fsp3) is 0.278. The molecule has 0 saturated carbocycles. The first-order valence-electron chi connectivity index (χ1n) is 8.05. The van der Waals surface area contributed by atoms with E-state index in [0.29, 0.717) is 22.2 Å². The lowest BCUT2D eigenvalue weighted by Gasteiger charge is -2.29. The minimum Gasteiger partial charge on any atom is -0.493 e. The molecule has 0 spiro atoms. The Bertz CT molecular complexity index is 982. The Morgan fingerprint density at radius 1 is 1.07 bits per heavy atom. The third kappa shape index (κ3) is 5.01. The smallest absolute Gasteiger partial charge is 0.247 e. The second-order valence-electron chi connectivity index (χ2n) is 5.89. The molecule has 152 valence electrons. The minimum absolute atomic E-state index is 0.117. The molecule has 10 heteroatoms. The molecule has 0 aromatic heterocycles. The number of halogens is 2. The van der Waals surface area contributed by atoms with Crippen molar-refractivity contribution in [2.45, 2.75) is 13.0 Å². The molecule has 0 radical (unpaired) electrons. The number of hydrogen-bond donors (Lipinski definition) is 1. The van der Waals surface area contributed by atoms with E-state index in [1.54, 1.807) is 18.2 Å². The number of benzene rings is 2. The molecule has 0 unspecified atom stereocenters. The van der Waals surface area contributed by atoms with Gasteiger partial charge in [0.2, 0.25) is 15.9 Å². The Morgan fingerprint density at radius 2 is 1.71 bits per heavy atom. The summed E-state index contributed by atoms with van der Waals surface area (Å²) in [5.41, 5.74) is 0.534. The van der Waals surface area contributed by atoms with Gasteiger partial charge in [0, 0.05) is 16.8 Å². The molecule has 0 fully saturated rings. The van der Waals surface area contributed by atoms with Crippen molar-refractivity contribution in [2.24, 2.45) is 0 Å². The highest BCUT2D eigenvalue weighted by Crippen LogP contribution is 2.33. The quantitative estimate of drug-likeness (QED) is 0.698. The average Bonchev–Trinajstić information content (AvgIpc) is 2.63. The number of hydrogen-bond acceptors (Lipinski definition) is 5. The fourth-order valence-corrected chi connectivity index (χ4v) is 4.20. The molecular formula is C18H20Cl2N2O5S. The Balaban J connectivity index is 2.36. The summed E-state index contributed by atoms with van der Waals surface area (Å²) in [6.07, 6.45) is 0.990. The summed E-state index contributed by atoms with van der Waals surface area (Å²) >= 11 is 12.1. The van der Waals surface area contributed by atoms with Gasteiger partial charge in [0.1, 0.15) is 6.04 Å². The largest absolute Gasteiger partial charge is 0.493 e. The maximum atomic E-state index is 12.8. The predicted molar refractivity (Wildman–Crippen MR) is 111 cm³/mol. The van der Waals surface area contributed by atoms with Crippen molar-refractivity contribution in [3.63, 3.8) is 0 Å². The summed E-state index contributed by atoms with van der Waals surface area (Å²) in [5.74, 6) is 0.358. The van der Waals surface area contributed by atoms with Gasteiger partial charge in [0.25, 0.3) is 0 Å². The number of ether oxygens (including phenoxy) is 2. The normalized spacial score (nSPS) is 12.2. The zero-order valence-corrected chi connectivity index (χ0v) is 18.0. The summed E-state index contributed by atoms with van der Waals surface area (Å²) < 4.78 is 36.1. The lowest BCUT2D eigenvalue weighted by Crippen LogP contribution is -2.45. The molecule has 2 rings (SSSR count). The molecule has 0 aliphatic rings. The summed E-state index contributed by atoms with van der Waals surface area (Å²) in [7, 11) is -0.865. The van der Waals surface area contributed by atoms with Gasteiger partial charge >= 0.3 is 0 Å². The number of rotatable bonds is 7. The van der Waals surface area contributed by atoms with E-state index in [1.165, 1.54) is 39.3 Å². The molecule has 0 aliphatic carbocycles. The van der Waals surface area contributed by atoms with Crippen LogP contribution in [0.1, 0.15) is 6.92 Å². The van der Waals surface area contributed by atoms with E-state index in [9.17, 15) is 13.2 Å². The third-order valence-electron chi connectivity index (χ3n) is 3.89. The van der Waals surface area contributed by atoms with Gasteiger partial charge in [-0.3, -0.25) is 9.10 Å². The molecule has 0 heterocycles. The highest BCUT2D eigenvalue weighted by Gasteiger charge is 2.31. The third-order valence-corrected chi connectivity index (χ3v) is 5.67. The Morgan fingerprint density at radius 3 is 2.29 bits per heavy atom. The summed E-state index contributed by atoms with van der Waals surface area (Å²) in [5, 5.41) is 3.11. The van der Waals surface area contributed by atoms with E-state index in [-0.39, 0.29) is 10.7 Å². The van der Waals surface area contributed by atoms with E-state index in [0.717, 1.165) is 10.6 Å². The predicted octanol–water partition coefficient (Wildman–Crippen LogP) is 3.80. The first kappa shape index (κ1) is 22.1. The molecule has 1 N–H and O–H groups in total. The standard InChI is InChI=1S/C18H20Cl2N2O5S/c1-11(18(23)21-13-6-8-16(26-2)17(10-13)27-3)22(28(4,24)25)15-9-12(19)5-7-14(15)20/h5-11H,1-4H3,(H,21,23)/t11-/m1/s1. The van der Waals surface area contributed by atoms with Crippen molar-refractivity contribution in [2.75, 3.05) is 30.1 Å². The molecule has 7 nitrogen and oxygen atoms in total. The van der Waals surface area contributed by atoms with Gasteiger partial charge < -0.3 is 14.8 Å². The Labute approximate surface area is 174 Å². The summed E-state index contributed by atoms with van der Waals surface area (Å²) in [6.45, 7) is 1.45. The number of anilines is 2. The monoisotopic (exact) mass is 446 g/mol. The molecule has 2 aromatic rings. The average molecular weight is 447 g/mol. The molecular weight excluding hydrogens is 427 g/mol. The Kier molecular flexibility index (Phi) is 7.03. The van der Waals surface area contributed by atoms with Crippen LogP contribution in [0.2, 0.25) is 10.0 Å². The van der Waals surface area contributed by atoms with E-state index in [2.05, 4.69) is 5.32 Å². The van der Waals surface area contributed by atoms with E-state index in [4.69, 9.17) is 32.7 Å². The van der Waals surface area contributed by atoms with Crippen LogP contribution in [0.4, 0.5) is 11.4 Å². The molecule has 0 bridgehead atoms. The van der Waals surface area contributed by atoms with Crippen molar-refractivity contribution < 1.29 is 22.7 Å². The van der Waals surface area contributed by atoms with Crippen molar-refractivity contribution in [1.29, 1.82) is 0 Å². The lowest BCUT2D eigenvalue weighted by molar-refractivity contribution is -0.116. The van der Waals surface area contributed by atoms with Crippen LogP contribution in [0, 0.1) is 0 Å². The number of methoxy groups -OCH3 is 2. The van der Waals surface area contributed by atoms with Crippen molar-refractivity contribution in [3.8, 4) is 11.5 Å². The van der Waals surface area contributed by atoms with Gasteiger partial charge in [0.15, 0.2) is 11.5 Å². The van der Waals surface area contributed by atoms with E-state index < -0.39 is 22.0 Å². The first-order chi connectivity index (χ1) is 13.1. The second kappa shape index (κ2) is 8.89. The van der Waals surface area contributed by atoms with Crippen molar-refractivity contribution in [3.05, 3.63) is 46.4 Å². The number of nitrogens with one attached hydrogen (secondary N) is 1. The van der Waals surface area contributed by atoms with Crippen LogP contribution in [-0.4, -0.2) is 40.8 Å². The molecule has 28 heavy (non-hydrogen) atoms. The van der Waals surface area contributed by atoms with Gasteiger partial charge in [-0.25, -0.2) is 8.42 Å². The zero-order valence-electron chi connectivity index (χ0n) is 15.7. The highest BCUT2D eigenvalue weighted by molar-refractivity contribution is 7.92. The molecule has 2 aromatic carbocycles. The van der Waals surface area contributed by atoms with Crippen LogP contribution in [0.25, 0.3) is 0 Å². The van der Waals surface area contributed by atoms with Crippen LogP contribution in [-0.2, 0) is 14.8 Å². The SMILES string of the molecule is COc1ccc(NC(=O)[C@@H](C)N(c2cc(Cl)ccc2Cl)S(C)(=O)=O)cc1OC. The number of carbonyl (C=O) groups is 1.